The molecule has 0 saturated carbocycles. The molecule has 0 aliphatic carbocycles. The normalized spacial score (nSPS) is 11.0. The first-order valence-electron chi connectivity index (χ1n) is 7.16. The highest BCUT2D eigenvalue weighted by molar-refractivity contribution is 6.30. The third-order valence-corrected chi connectivity index (χ3v) is 3.69. The molecule has 6 heteroatoms. The minimum absolute atomic E-state index is 0.0354. The molecular formula is C16H21ClN4O. The van der Waals surface area contributed by atoms with E-state index < -0.39 is 0 Å². The number of carbonyl (C=O) groups excluding carboxylic acids is 1. The second-order valence-electron chi connectivity index (χ2n) is 5.51. The molecular weight excluding hydrogens is 300 g/mol. The number of halogens is 1. The molecule has 2 aromatic rings. The largest absolute Gasteiger partial charge is 0.348 e. The van der Waals surface area contributed by atoms with Gasteiger partial charge < -0.3 is 14.8 Å². The summed E-state index contributed by atoms with van der Waals surface area (Å²) < 4.78 is 0. The zero-order valence-corrected chi connectivity index (χ0v) is 13.9. The summed E-state index contributed by atoms with van der Waals surface area (Å²) in [5.74, 6) is -0.0354. The van der Waals surface area contributed by atoms with Crippen molar-refractivity contribution in [3.8, 4) is 0 Å². The van der Waals surface area contributed by atoms with E-state index in [1.165, 1.54) is 0 Å². The summed E-state index contributed by atoms with van der Waals surface area (Å²) in [4.78, 5) is 23.9. The maximum absolute atomic E-state index is 12.8. The van der Waals surface area contributed by atoms with E-state index in [4.69, 9.17) is 11.6 Å². The number of carbonyl (C=O) groups is 1. The first-order chi connectivity index (χ1) is 10.5. The topological polar surface area (TPSA) is 52.2 Å². The van der Waals surface area contributed by atoms with Gasteiger partial charge in [0, 0.05) is 29.4 Å². The van der Waals surface area contributed by atoms with Crippen LogP contribution in [0.25, 0.3) is 0 Å². The number of aromatic amines is 1. The second kappa shape index (κ2) is 7.42. The number of rotatable bonds is 6. The van der Waals surface area contributed by atoms with Gasteiger partial charge in [0.15, 0.2) is 0 Å². The van der Waals surface area contributed by atoms with Gasteiger partial charge in [0.1, 0.15) is 0 Å². The van der Waals surface area contributed by atoms with Crippen LogP contribution in [0.3, 0.4) is 0 Å². The monoisotopic (exact) mass is 320 g/mol. The molecule has 0 atom stereocenters. The fraction of sp³-hybridized carbons (Fsp3) is 0.375. The lowest BCUT2D eigenvalue weighted by Crippen LogP contribution is -2.36. The molecule has 0 fully saturated rings. The predicted molar refractivity (Wildman–Crippen MR) is 88.1 cm³/mol. The Labute approximate surface area is 135 Å². The van der Waals surface area contributed by atoms with Crippen LogP contribution in [0.4, 0.5) is 0 Å². The number of nitrogens with zero attached hydrogens (tertiary/aromatic N) is 3. The number of imidazole rings is 1. The summed E-state index contributed by atoms with van der Waals surface area (Å²) in [6, 6.07) is 7.04. The molecule has 2 rings (SSSR count). The van der Waals surface area contributed by atoms with Crippen LogP contribution >= 0.6 is 11.6 Å². The number of H-pyrrole nitrogens is 1. The number of nitrogens with one attached hydrogen (secondary N) is 1. The zero-order chi connectivity index (χ0) is 16.1. The molecule has 0 spiro atoms. The Hall–Kier alpha value is -1.85. The number of likely N-dealkylation sites (N-methyl/N-ethyl adjacent to an activating group) is 1. The van der Waals surface area contributed by atoms with Gasteiger partial charge in [-0.25, -0.2) is 4.98 Å². The lowest BCUT2D eigenvalue weighted by molar-refractivity contribution is 0.0730. The van der Waals surface area contributed by atoms with E-state index in [1.807, 2.05) is 21.0 Å². The lowest BCUT2D eigenvalue weighted by Gasteiger charge is -2.24. The first-order valence-corrected chi connectivity index (χ1v) is 7.53. The van der Waals surface area contributed by atoms with Gasteiger partial charge in [-0.1, -0.05) is 17.7 Å². The van der Waals surface area contributed by atoms with Gasteiger partial charge in [-0.05, 0) is 39.2 Å². The third-order valence-electron chi connectivity index (χ3n) is 3.45. The van der Waals surface area contributed by atoms with E-state index >= 15 is 0 Å². The molecule has 0 aliphatic rings. The Morgan fingerprint density at radius 2 is 2.09 bits per heavy atom. The summed E-state index contributed by atoms with van der Waals surface area (Å²) in [5, 5.41) is 0.564. The van der Waals surface area contributed by atoms with Crippen LogP contribution in [0.1, 0.15) is 21.7 Å². The number of benzene rings is 1. The van der Waals surface area contributed by atoms with Crippen molar-refractivity contribution in [2.45, 2.75) is 13.5 Å². The average Bonchev–Trinajstić information content (AvgIpc) is 2.87. The van der Waals surface area contributed by atoms with Crippen LogP contribution in [0.5, 0.6) is 0 Å². The highest BCUT2D eigenvalue weighted by Crippen LogP contribution is 2.15. The number of hydrogen-bond donors (Lipinski definition) is 1. The maximum Gasteiger partial charge on any atom is 0.254 e. The van der Waals surface area contributed by atoms with Crippen molar-refractivity contribution in [2.75, 3.05) is 27.2 Å². The molecule has 0 saturated heterocycles. The van der Waals surface area contributed by atoms with Crippen molar-refractivity contribution in [3.05, 3.63) is 52.6 Å². The standard InChI is InChI=1S/C16H21ClN4O/c1-12-15(19-11-18-12)10-21(8-7-20(2)3)16(22)13-5-4-6-14(17)9-13/h4-6,9,11H,7-8,10H2,1-3H3,(H,18,19). The van der Waals surface area contributed by atoms with E-state index in [-0.39, 0.29) is 5.91 Å². The fourth-order valence-electron chi connectivity index (χ4n) is 2.10. The van der Waals surface area contributed by atoms with Crippen LogP contribution in [0, 0.1) is 6.92 Å². The van der Waals surface area contributed by atoms with Crippen LogP contribution in [0.2, 0.25) is 5.02 Å². The van der Waals surface area contributed by atoms with E-state index in [0.717, 1.165) is 17.9 Å². The average molecular weight is 321 g/mol. The van der Waals surface area contributed by atoms with Crippen LogP contribution < -0.4 is 0 Å². The number of aryl methyl sites for hydroxylation is 1. The molecule has 0 aliphatic heterocycles. The molecule has 1 amide bonds. The molecule has 22 heavy (non-hydrogen) atoms. The van der Waals surface area contributed by atoms with Gasteiger partial charge in [0.25, 0.3) is 5.91 Å². The van der Waals surface area contributed by atoms with Crippen LogP contribution in [0.15, 0.2) is 30.6 Å². The summed E-state index contributed by atoms with van der Waals surface area (Å²) in [6.07, 6.45) is 1.65. The predicted octanol–water partition coefficient (Wildman–Crippen LogP) is 2.58. The molecule has 1 aromatic heterocycles. The summed E-state index contributed by atoms with van der Waals surface area (Å²) >= 11 is 5.99. The number of hydrogen-bond acceptors (Lipinski definition) is 3. The Kier molecular flexibility index (Phi) is 5.57. The Morgan fingerprint density at radius 1 is 1.32 bits per heavy atom. The molecule has 1 heterocycles. The highest BCUT2D eigenvalue weighted by Gasteiger charge is 2.18. The second-order valence-corrected chi connectivity index (χ2v) is 5.95. The van der Waals surface area contributed by atoms with Gasteiger partial charge in [-0.3, -0.25) is 4.79 Å². The molecule has 5 nitrogen and oxygen atoms in total. The Bertz CT molecular complexity index is 639. The van der Waals surface area contributed by atoms with Crippen molar-refractivity contribution in [2.24, 2.45) is 0 Å². The van der Waals surface area contributed by atoms with E-state index in [0.29, 0.717) is 23.7 Å². The van der Waals surface area contributed by atoms with Gasteiger partial charge in [-0.15, -0.1) is 0 Å². The quantitative estimate of drug-likeness (QED) is 0.890. The van der Waals surface area contributed by atoms with Gasteiger partial charge in [-0.2, -0.15) is 0 Å². The van der Waals surface area contributed by atoms with Crippen molar-refractivity contribution >= 4 is 17.5 Å². The van der Waals surface area contributed by atoms with Crippen molar-refractivity contribution in [3.63, 3.8) is 0 Å². The molecule has 1 N–H and O–H groups in total. The lowest BCUT2D eigenvalue weighted by atomic mass is 10.2. The van der Waals surface area contributed by atoms with E-state index in [1.54, 1.807) is 35.5 Å². The molecule has 118 valence electrons. The van der Waals surface area contributed by atoms with Gasteiger partial charge in [0.2, 0.25) is 0 Å². The van der Waals surface area contributed by atoms with Crippen molar-refractivity contribution in [1.29, 1.82) is 0 Å². The molecule has 1 aromatic carbocycles. The van der Waals surface area contributed by atoms with Crippen LogP contribution in [-0.2, 0) is 6.54 Å². The molecule has 0 bridgehead atoms. The minimum Gasteiger partial charge on any atom is -0.348 e. The zero-order valence-electron chi connectivity index (χ0n) is 13.1. The SMILES string of the molecule is Cc1[nH]cnc1CN(CCN(C)C)C(=O)c1cccc(Cl)c1. The summed E-state index contributed by atoms with van der Waals surface area (Å²) in [6.45, 7) is 3.85. The van der Waals surface area contributed by atoms with E-state index in [9.17, 15) is 4.79 Å². The first kappa shape index (κ1) is 16.5. The highest BCUT2D eigenvalue weighted by atomic mass is 35.5. The van der Waals surface area contributed by atoms with Crippen molar-refractivity contribution < 1.29 is 4.79 Å². The Balaban J connectivity index is 2.19. The minimum atomic E-state index is -0.0354. The number of aromatic nitrogens is 2. The molecule has 0 unspecified atom stereocenters. The fourth-order valence-corrected chi connectivity index (χ4v) is 2.29. The third kappa shape index (κ3) is 4.32. The Morgan fingerprint density at radius 3 is 2.68 bits per heavy atom. The smallest absolute Gasteiger partial charge is 0.254 e. The summed E-state index contributed by atoms with van der Waals surface area (Å²) in [5.41, 5.74) is 2.46. The van der Waals surface area contributed by atoms with Gasteiger partial charge in [0.05, 0.1) is 18.6 Å². The van der Waals surface area contributed by atoms with E-state index in [2.05, 4.69) is 14.9 Å². The summed E-state index contributed by atoms with van der Waals surface area (Å²) in [7, 11) is 3.98. The van der Waals surface area contributed by atoms with Crippen LogP contribution in [-0.4, -0.2) is 52.9 Å². The maximum atomic E-state index is 12.8. The molecule has 0 radical (unpaired) electrons. The van der Waals surface area contributed by atoms with Gasteiger partial charge >= 0.3 is 0 Å². The van der Waals surface area contributed by atoms with Crippen molar-refractivity contribution in [1.82, 2.24) is 19.8 Å². The number of amides is 1.